The Kier molecular flexibility index (Phi) is 6.26. The molecule has 112 valence electrons. The van der Waals surface area contributed by atoms with Gasteiger partial charge in [-0.15, -0.1) is 0 Å². The van der Waals surface area contributed by atoms with Crippen LogP contribution in [0.4, 0.5) is 18.9 Å². The lowest BCUT2D eigenvalue weighted by molar-refractivity contribution is -0.137. The Morgan fingerprint density at radius 3 is 2.50 bits per heavy atom. The van der Waals surface area contributed by atoms with Gasteiger partial charge in [0.05, 0.1) is 5.56 Å². The lowest BCUT2D eigenvalue weighted by atomic mass is 10.1. The first kappa shape index (κ1) is 16.8. The van der Waals surface area contributed by atoms with Crippen LogP contribution >= 0.6 is 12.2 Å². The molecule has 0 aliphatic carbocycles. The maximum atomic E-state index is 12.9. The first-order valence-electron chi connectivity index (χ1n) is 6.61. The largest absolute Gasteiger partial charge is 0.417 e. The Morgan fingerprint density at radius 1 is 1.25 bits per heavy atom. The van der Waals surface area contributed by atoms with Gasteiger partial charge in [0.15, 0.2) is 0 Å². The molecule has 0 atom stereocenters. The summed E-state index contributed by atoms with van der Waals surface area (Å²) in [7, 11) is 0. The average Bonchev–Trinajstić information content (AvgIpc) is 2.37. The molecular formula is C14H19F3N2S. The quantitative estimate of drug-likeness (QED) is 0.581. The van der Waals surface area contributed by atoms with Crippen molar-refractivity contribution in [3.63, 3.8) is 0 Å². The fourth-order valence-electron chi connectivity index (χ4n) is 1.89. The second kappa shape index (κ2) is 7.47. The van der Waals surface area contributed by atoms with Gasteiger partial charge in [0, 0.05) is 17.8 Å². The molecule has 0 aliphatic heterocycles. The van der Waals surface area contributed by atoms with Crippen molar-refractivity contribution in [2.45, 2.75) is 38.8 Å². The van der Waals surface area contributed by atoms with E-state index in [2.05, 4.69) is 24.5 Å². The number of alkyl halides is 3. The summed E-state index contributed by atoms with van der Waals surface area (Å²) in [5.74, 6) is 0. The Balaban J connectivity index is 2.77. The van der Waals surface area contributed by atoms with Crippen LogP contribution in [0.25, 0.3) is 0 Å². The molecule has 6 heteroatoms. The zero-order valence-electron chi connectivity index (χ0n) is 11.4. The molecule has 0 aliphatic rings. The van der Waals surface area contributed by atoms with Crippen LogP contribution in [-0.2, 0) is 6.18 Å². The number of hydrogen-bond acceptors (Lipinski definition) is 2. The molecule has 2 nitrogen and oxygen atoms in total. The number of halogens is 3. The second-order valence-corrected chi connectivity index (χ2v) is 5.05. The maximum Gasteiger partial charge on any atom is 0.417 e. The lowest BCUT2D eigenvalue weighted by Crippen LogP contribution is -2.18. The Hall–Kier alpha value is -1.30. The molecule has 0 aromatic heterocycles. The van der Waals surface area contributed by atoms with Crippen LogP contribution in [0.1, 0.15) is 43.7 Å². The van der Waals surface area contributed by atoms with Crippen molar-refractivity contribution >= 4 is 22.9 Å². The molecule has 0 fully saturated rings. The van der Waals surface area contributed by atoms with Crippen molar-refractivity contribution in [3.05, 3.63) is 29.3 Å². The summed E-state index contributed by atoms with van der Waals surface area (Å²) in [4.78, 5) is -0.244. The van der Waals surface area contributed by atoms with E-state index >= 15 is 0 Å². The average molecular weight is 304 g/mol. The molecule has 0 saturated carbocycles. The molecule has 0 spiro atoms. The second-order valence-electron chi connectivity index (χ2n) is 4.61. The normalized spacial score (nSPS) is 11.4. The molecule has 0 amide bonds. The Morgan fingerprint density at radius 2 is 1.95 bits per heavy atom. The smallest absolute Gasteiger partial charge is 0.389 e. The standard InChI is InChI=1S/C14H19F3N2S/c1-2-3-4-5-8-19-10-6-7-11(13(18)20)12(9-10)14(15,16)17/h6-7,9,19H,2-5,8H2,1H3,(H2,18,20). The van der Waals surface area contributed by atoms with E-state index in [1.165, 1.54) is 6.07 Å². The van der Waals surface area contributed by atoms with Crippen LogP contribution in [0.15, 0.2) is 18.2 Å². The van der Waals surface area contributed by atoms with Gasteiger partial charge in [-0.2, -0.15) is 13.2 Å². The highest BCUT2D eigenvalue weighted by molar-refractivity contribution is 7.80. The predicted octanol–water partition coefficient (Wildman–Crippen LogP) is 4.33. The number of unbranched alkanes of at least 4 members (excludes halogenated alkanes) is 3. The molecular weight excluding hydrogens is 285 g/mol. The van der Waals surface area contributed by atoms with Gasteiger partial charge < -0.3 is 11.1 Å². The Bertz CT molecular complexity index is 458. The van der Waals surface area contributed by atoms with Gasteiger partial charge in [-0.25, -0.2) is 0 Å². The van der Waals surface area contributed by atoms with Crippen LogP contribution in [-0.4, -0.2) is 11.5 Å². The van der Waals surface area contributed by atoms with Crippen LogP contribution in [0.2, 0.25) is 0 Å². The van der Waals surface area contributed by atoms with Gasteiger partial charge in [-0.1, -0.05) is 38.4 Å². The van der Waals surface area contributed by atoms with Crippen molar-refractivity contribution in [3.8, 4) is 0 Å². The maximum absolute atomic E-state index is 12.9. The molecule has 1 rings (SSSR count). The summed E-state index contributed by atoms with van der Waals surface area (Å²) in [6, 6.07) is 3.96. The van der Waals surface area contributed by atoms with Gasteiger partial charge in [-0.05, 0) is 24.6 Å². The molecule has 0 heterocycles. The first-order chi connectivity index (χ1) is 9.36. The van der Waals surface area contributed by atoms with E-state index in [1.54, 1.807) is 6.07 Å². The van der Waals surface area contributed by atoms with Gasteiger partial charge >= 0.3 is 6.18 Å². The first-order valence-corrected chi connectivity index (χ1v) is 7.02. The summed E-state index contributed by atoms with van der Waals surface area (Å²) in [6.45, 7) is 2.77. The monoisotopic (exact) mass is 304 g/mol. The van der Waals surface area contributed by atoms with E-state index in [0.29, 0.717) is 12.2 Å². The minimum absolute atomic E-state index is 0.135. The number of nitrogens with two attached hydrogens (primary N) is 1. The van der Waals surface area contributed by atoms with E-state index in [9.17, 15) is 13.2 Å². The van der Waals surface area contributed by atoms with E-state index in [1.807, 2.05) is 0 Å². The van der Waals surface area contributed by atoms with E-state index in [-0.39, 0.29) is 10.6 Å². The number of rotatable bonds is 7. The van der Waals surface area contributed by atoms with Gasteiger partial charge in [0.25, 0.3) is 0 Å². The van der Waals surface area contributed by atoms with Crippen molar-refractivity contribution in [1.29, 1.82) is 0 Å². The fourth-order valence-corrected chi connectivity index (χ4v) is 2.07. The topological polar surface area (TPSA) is 38.0 Å². The van der Waals surface area contributed by atoms with E-state index in [4.69, 9.17) is 5.73 Å². The van der Waals surface area contributed by atoms with Crippen molar-refractivity contribution in [1.82, 2.24) is 0 Å². The molecule has 3 N–H and O–H groups in total. The zero-order chi connectivity index (χ0) is 15.2. The van der Waals surface area contributed by atoms with Crippen LogP contribution in [0.5, 0.6) is 0 Å². The highest BCUT2D eigenvalue weighted by atomic mass is 32.1. The van der Waals surface area contributed by atoms with Crippen LogP contribution in [0, 0.1) is 0 Å². The summed E-state index contributed by atoms with van der Waals surface area (Å²) in [6.07, 6.45) is -0.192. The molecule has 0 bridgehead atoms. The number of hydrogen-bond donors (Lipinski definition) is 2. The van der Waals surface area contributed by atoms with Gasteiger partial charge in [-0.3, -0.25) is 0 Å². The predicted molar refractivity (Wildman–Crippen MR) is 80.0 cm³/mol. The third-order valence-corrected chi connectivity index (χ3v) is 3.17. The minimum Gasteiger partial charge on any atom is -0.389 e. The Labute approximate surface area is 122 Å². The summed E-state index contributed by atoms with van der Waals surface area (Å²) < 4.78 is 38.8. The van der Waals surface area contributed by atoms with Crippen LogP contribution < -0.4 is 11.1 Å². The van der Waals surface area contributed by atoms with Crippen molar-refractivity contribution in [2.75, 3.05) is 11.9 Å². The van der Waals surface area contributed by atoms with Crippen LogP contribution in [0.3, 0.4) is 0 Å². The molecule has 0 unspecified atom stereocenters. The molecule has 1 aromatic rings. The third-order valence-electron chi connectivity index (χ3n) is 2.95. The number of thiocarbonyl (C=S) groups is 1. The number of nitrogens with one attached hydrogen (secondary N) is 1. The molecule has 1 aromatic carbocycles. The third kappa shape index (κ3) is 5.00. The number of anilines is 1. The van der Waals surface area contributed by atoms with Gasteiger partial charge in [0.1, 0.15) is 4.99 Å². The molecule has 0 radical (unpaired) electrons. The fraction of sp³-hybridized carbons (Fsp3) is 0.500. The molecule has 20 heavy (non-hydrogen) atoms. The van der Waals surface area contributed by atoms with Crippen molar-refractivity contribution < 1.29 is 13.2 Å². The number of benzene rings is 1. The minimum atomic E-state index is -4.46. The summed E-state index contributed by atoms with van der Waals surface area (Å²) in [5, 5.41) is 3.00. The van der Waals surface area contributed by atoms with Crippen molar-refractivity contribution in [2.24, 2.45) is 5.73 Å². The molecule has 0 saturated heterocycles. The SMILES string of the molecule is CCCCCCNc1ccc(C(N)=S)c(C(F)(F)F)c1. The van der Waals surface area contributed by atoms with E-state index < -0.39 is 11.7 Å². The summed E-state index contributed by atoms with van der Waals surface area (Å²) >= 11 is 4.65. The zero-order valence-corrected chi connectivity index (χ0v) is 12.2. The van der Waals surface area contributed by atoms with E-state index in [0.717, 1.165) is 31.7 Å². The lowest BCUT2D eigenvalue weighted by Gasteiger charge is -2.14. The highest BCUT2D eigenvalue weighted by Gasteiger charge is 2.34. The highest BCUT2D eigenvalue weighted by Crippen LogP contribution is 2.33. The summed E-state index contributed by atoms with van der Waals surface area (Å²) in [5.41, 5.74) is 4.84. The van der Waals surface area contributed by atoms with Gasteiger partial charge in [0.2, 0.25) is 0 Å².